The Morgan fingerprint density at radius 3 is 2.36 bits per heavy atom. The van der Waals surface area contributed by atoms with Gasteiger partial charge in [-0.05, 0) is 6.92 Å². The van der Waals surface area contributed by atoms with Gasteiger partial charge in [-0.25, -0.2) is 0 Å². The fourth-order valence-corrected chi connectivity index (χ4v) is 1.07. The molecule has 4 heteroatoms. The molecule has 0 aliphatic heterocycles. The third-order valence-corrected chi connectivity index (χ3v) is 1.70. The highest BCUT2D eigenvalue weighted by Gasteiger charge is 2.16. The largest absolute Gasteiger partial charge is 0.341 e. The van der Waals surface area contributed by atoms with Crippen molar-refractivity contribution in [2.24, 2.45) is 0 Å². The van der Waals surface area contributed by atoms with E-state index >= 15 is 0 Å². The number of hydrogen-bond donors (Lipinski definition) is 1. The van der Waals surface area contributed by atoms with E-state index in [-0.39, 0.29) is 5.25 Å². The van der Waals surface area contributed by atoms with Crippen molar-refractivity contribution in [3.05, 3.63) is 11.5 Å². The molecule has 0 amide bonds. The zero-order valence-electron chi connectivity index (χ0n) is 6.90. The van der Waals surface area contributed by atoms with Gasteiger partial charge in [0.15, 0.2) is 5.76 Å². The summed E-state index contributed by atoms with van der Waals surface area (Å²) in [5.74, 6) is 1.13. The second-order valence-electron chi connectivity index (χ2n) is 2.85. The maximum absolute atomic E-state index is 4.95. The number of rotatable bonds is 2. The Balaban J connectivity index is 2.96. The maximum Gasteiger partial charge on any atom is 0.173 e. The molecule has 0 saturated carbocycles. The predicted octanol–water partition coefficient (Wildman–Crippen LogP) is 2.18. The van der Waals surface area contributed by atoms with Crippen molar-refractivity contribution in [1.29, 1.82) is 0 Å². The van der Waals surface area contributed by atoms with Crippen molar-refractivity contribution in [3.63, 3.8) is 0 Å². The van der Waals surface area contributed by atoms with Gasteiger partial charge in [-0.3, -0.25) is 0 Å². The first-order valence-electron chi connectivity index (χ1n) is 3.63. The molecule has 1 unspecified atom stereocenters. The molecule has 1 aromatic heterocycles. The van der Waals surface area contributed by atoms with Crippen molar-refractivity contribution in [1.82, 2.24) is 10.4 Å². The lowest BCUT2D eigenvalue weighted by Crippen LogP contribution is -1.94. The van der Waals surface area contributed by atoms with E-state index < -0.39 is 0 Å². The van der Waals surface area contributed by atoms with Crippen LogP contribution >= 0.6 is 12.6 Å². The topological polar surface area (TPSA) is 38.9 Å². The lowest BCUT2D eigenvalue weighted by atomic mass is 10.1. The molecule has 1 heterocycles. The van der Waals surface area contributed by atoms with Crippen LogP contribution in [0.5, 0.6) is 0 Å². The van der Waals surface area contributed by atoms with Crippen LogP contribution in [-0.4, -0.2) is 10.4 Å². The number of hydrogen-bond acceptors (Lipinski definition) is 4. The second-order valence-corrected chi connectivity index (χ2v) is 3.63. The van der Waals surface area contributed by atoms with Gasteiger partial charge in [-0.2, -0.15) is 12.6 Å². The quantitative estimate of drug-likeness (QED) is 0.695. The summed E-state index contributed by atoms with van der Waals surface area (Å²) in [4.78, 5) is 0. The van der Waals surface area contributed by atoms with Gasteiger partial charge in [-0.15, -0.1) is 5.10 Å². The molecule has 0 aliphatic rings. The second kappa shape index (κ2) is 3.26. The van der Waals surface area contributed by atoms with Crippen LogP contribution in [-0.2, 0) is 0 Å². The molecule has 11 heavy (non-hydrogen) atoms. The zero-order chi connectivity index (χ0) is 8.43. The Kier molecular flexibility index (Phi) is 2.54. The van der Waals surface area contributed by atoms with Crippen molar-refractivity contribution < 1.29 is 4.52 Å². The summed E-state index contributed by atoms with van der Waals surface area (Å²) in [7, 11) is 0. The molecule has 0 N–H and O–H groups in total. The molecule has 0 fully saturated rings. The molecular formula is C7H12N2OS. The van der Waals surface area contributed by atoms with Crippen LogP contribution in [0, 0.1) is 0 Å². The molecule has 1 atom stereocenters. The standard InChI is InChI=1S/C7H12N2OS/c1-4(2)6-7(5(3)11)10-9-8-6/h4-5,11H,1-3H3. The Hall–Kier alpha value is -0.510. The fraction of sp³-hybridized carbons (Fsp3) is 0.714. The summed E-state index contributed by atoms with van der Waals surface area (Å²) in [6.07, 6.45) is 0. The van der Waals surface area contributed by atoms with Gasteiger partial charge < -0.3 is 4.52 Å². The summed E-state index contributed by atoms with van der Waals surface area (Å²) in [5.41, 5.74) is 0.910. The lowest BCUT2D eigenvalue weighted by Gasteiger charge is -2.02. The number of thiol groups is 1. The van der Waals surface area contributed by atoms with Crippen molar-refractivity contribution >= 4 is 12.6 Å². The number of aromatic nitrogens is 2. The Bertz CT molecular complexity index is 210. The fourth-order valence-electron chi connectivity index (χ4n) is 0.895. The van der Waals surface area contributed by atoms with E-state index in [1.54, 1.807) is 0 Å². The van der Waals surface area contributed by atoms with Crippen LogP contribution in [0.15, 0.2) is 4.52 Å². The van der Waals surface area contributed by atoms with Crippen LogP contribution < -0.4 is 0 Å². The highest BCUT2D eigenvalue weighted by Crippen LogP contribution is 2.25. The van der Waals surface area contributed by atoms with E-state index in [0.29, 0.717) is 5.92 Å². The first-order chi connectivity index (χ1) is 5.13. The molecule has 0 aliphatic carbocycles. The molecule has 3 nitrogen and oxygen atoms in total. The molecule has 0 aromatic carbocycles. The minimum Gasteiger partial charge on any atom is -0.341 e. The maximum atomic E-state index is 4.95. The van der Waals surface area contributed by atoms with Gasteiger partial charge in [0, 0.05) is 11.2 Å². The molecule has 0 radical (unpaired) electrons. The van der Waals surface area contributed by atoms with Gasteiger partial charge in [0.1, 0.15) is 5.69 Å². The smallest absolute Gasteiger partial charge is 0.173 e. The van der Waals surface area contributed by atoms with Crippen molar-refractivity contribution in [3.8, 4) is 0 Å². The van der Waals surface area contributed by atoms with Crippen LogP contribution in [0.25, 0.3) is 0 Å². The molecule has 0 spiro atoms. The molecule has 0 saturated heterocycles. The number of nitrogens with zero attached hydrogens (tertiary/aromatic N) is 2. The third kappa shape index (κ3) is 1.74. The minimum absolute atomic E-state index is 0.0717. The Labute approximate surface area is 71.6 Å². The predicted molar refractivity (Wildman–Crippen MR) is 45.8 cm³/mol. The van der Waals surface area contributed by atoms with E-state index in [1.807, 2.05) is 6.92 Å². The normalized spacial score (nSPS) is 13.9. The van der Waals surface area contributed by atoms with Crippen molar-refractivity contribution in [2.75, 3.05) is 0 Å². The summed E-state index contributed by atoms with van der Waals surface area (Å²) >= 11 is 4.24. The first-order valence-corrected chi connectivity index (χ1v) is 4.14. The monoisotopic (exact) mass is 172 g/mol. The van der Waals surface area contributed by atoms with E-state index in [2.05, 4.69) is 36.8 Å². The first kappa shape index (κ1) is 8.59. The third-order valence-electron chi connectivity index (χ3n) is 1.47. The summed E-state index contributed by atoms with van der Waals surface area (Å²) in [6.45, 7) is 6.05. The molecule has 62 valence electrons. The van der Waals surface area contributed by atoms with Crippen molar-refractivity contribution in [2.45, 2.75) is 31.9 Å². The van der Waals surface area contributed by atoms with E-state index in [0.717, 1.165) is 11.5 Å². The molecular weight excluding hydrogens is 160 g/mol. The molecule has 1 aromatic rings. The summed E-state index contributed by atoms with van der Waals surface area (Å²) in [6, 6.07) is 0. The van der Waals surface area contributed by atoms with E-state index in [9.17, 15) is 0 Å². The highest BCUT2D eigenvalue weighted by atomic mass is 32.1. The Morgan fingerprint density at radius 2 is 2.00 bits per heavy atom. The SMILES string of the molecule is CC(C)c1nnoc1C(C)S. The van der Waals surface area contributed by atoms with Crippen LogP contribution in [0.4, 0.5) is 0 Å². The summed E-state index contributed by atoms with van der Waals surface area (Å²) in [5, 5.41) is 7.43. The minimum atomic E-state index is 0.0717. The lowest BCUT2D eigenvalue weighted by molar-refractivity contribution is 0.363. The van der Waals surface area contributed by atoms with E-state index in [4.69, 9.17) is 4.52 Å². The van der Waals surface area contributed by atoms with Gasteiger partial charge >= 0.3 is 0 Å². The average Bonchev–Trinajstić information content (AvgIpc) is 2.32. The average molecular weight is 172 g/mol. The molecule has 1 rings (SSSR count). The van der Waals surface area contributed by atoms with Crippen LogP contribution in [0.2, 0.25) is 0 Å². The van der Waals surface area contributed by atoms with Gasteiger partial charge in [-0.1, -0.05) is 13.8 Å². The Morgan fingerprint density at radius 1 is 1.36 bits per heavy atom. The van der Waals surface area contributed by atoms with E-state index in [1.165, 1.54) is 0 Å². The van der Waals surface area contributed by atoms with Gasteiger partial charge in [0.05, 0.1) is 5.25 Å². The highest BCUT2D eigenvalue weighted by molar-refractivity contribution is 7.80. The van der Waals surface area contributed by atoms with Crippen LogP contribution in [0.3, 0.4) is 0 Å². The van der Waals surface area contributed by atoms with Gasteiger partial charge in [0.2, 0.25) is 0 Å². The molecule has 0 bridgehead atoms. The van der Waals surface area contributed by atoms with Crippen LogP contribution in [0.1, 0.15) is 43.4 Å². The van der Waals surface area contributed by atoms with Gasteiger partial charge in [0.25, 0.3) is 0 Å². The zero-order valence-corrected chi connectivity index (χ0v) is 7.80. The summed E-state index contributed by atoms with van der Waals surface area (Å²) < 4.78 is 4.95.